The monoisotopic (exact) mass is 313 g/mol. The molecule has 0 spiro atoms. The van der Waals surface area contributed by atoms with Crippen LogP contribution in [0.2, 0.25) is 0 Å². The van der Waals surface area contributed by atoms with E-state index in [1.54, 1.807) is 12.1 Å². The number of benzene rings is 1. The van der Waals surface area contributed by atoms with Crippen molar-refractivity contribution in [2.24, 2.45) is 11.8 Å². The van der Waals surface area contributed by atoms with E-state index in [1.807, 2.05) is 6.07 Å². The quantitative estimate of drug-likeness (QED) is 0.778. The summed E-state index contributed by atoms with van der Waals surface area (Å²) in [5.74, 6) is 1.39. The van der Waals surface area contributed by atoms with Crippen molar-refractivity contribution in [2.75, 3.05) is 13.1 Å². The lowest BCUT2D eigenvalue weighted by Crippen LogP contribution is -2.36. The Labute approximate surface area is 117 Å². The number of nitrogens with one attached hydrogen (secondary N) is 1. The van der Waals surface area contributed by atoms with Gasteiger partial charge >= 0.3 is 0 Å². The second-order valence-electron chi connectivity index (χ2n) is 5.24. The van der Waals surface area contributed by atoms with Crippen molar-refractivity contribution < 1.29 is 4.39 Å². The van der Waals surface area contributed by atoms with Gasteiger partial charge in [-0.1, -0.05) is 28.9 Å². The van der Waals surface area contributed by atoms with E-state index in [-0.39, 0.29) is 5.82 Å². The van der Waals surface area contributed by atoms with E-state index in [0.29, 0.717) is 0 Å². The summed E-state index contributed by atoms with van der Waals surface area (Å²) in [6, 6.07) is 5.04. The highest BCUT2D eigenvalue weighted by molar-refractivity contribution is 9.10. The largest absolute Gasteiger partial charge is 0.316 e. The number of hydrogen-bond donors (Lipinski definition) is 1. The molecule has 1 aromatic carbocycles. The Morgan fingerprint density at radius 3 is 2.72 bits per heavy atom. The lowest BCUT2D eigenvalue weighted by molar-refractivity contribution is 0.171. The molecule has 0 heterocycles. The van der Waals surface area contributed by atoms with E-state index < -0.39 is 0 Å². The predicted molar refractivity (Wildman–Crippen MR) is 77.2 cm³/mol. The first-order chi connectivity index (χ1) is 8.70. The van der Waals surface area contributed by atoms with Crippen LogP contribution < -0.4 is 5.32 Å². The van der Waals surface area contributed by atoms with Crippen molar-refractivity contribution in [2.45, 2.75) is 32.6 Å². The Morgan fingerprint density at radius 2 is 2.11 bits per heavy atom. The smallest absolute Gasteiger partial charge is 0.124 e. The molecule has 0 aliphatic heterocycles. The van der Waals surface area contributed by atoms with Gasteiger partial charge < -0.3 is 5.32 Å². The van der Waals surface area contributed by atoms with Gasteiger partial charge in [0.25, 0.3) is 0 Å². The second kappa shape index (κ2) is 6.67. The molecule has 1 fully saturated rings. The first-order valence-corrected chi connectivity index (χ1v) is 7.64. The summed E-state index contributed by atoms with van der Waals surface area (Å²) in [4.78, 5) is 0. The van der Waals surface area contributed by atoms with Gasteiger partial charge in [-0.3, -0.25) is 0 Å². The maximum absolute atomic E-state index is 13.0. The molecule has 1 aromatic rings. The molecule has 1 aliphatic carbocycles. The Morgan fingerprint density at radius 1 is 1.33 bits per heavy atom. The van der Waals surface area contributed by atoms with Crippen LogP contribution in [0.1, 0.15) is 31.7 Å². The SMILES string of the molecule is CCCNCC1CCC1Cc1ccc(F)cc1Br. The fraction of sp³-hybridized carbons (Fsp3) is 0.600. The molecule has 0 aromatic heterocycles. The van der Waals surface area contributed by atoms with Crippen molar-refractivity contribution in [3.8, 4) is 0 Å². The van der Waals surface area contributed by atoms with Crippen molar-refractivity contribution in [1.82, 2.24) is 5.32 Å². The summed E-state index contributed by atoms with van der Waals surface area (Å²) in [5, 5.41) is 3.50. The summed E-state index contributed by atoms with van der Waals surface area (Å²) in [6.07, 6.45) is 4.91. The summed E-state index contributed by atoms with van der Waals surface area (Å²) >= 11 is 3.46. The third-order valence-electron chi connectivity index (χ3n) is 3.91. The van der Waals surface area contributed by atoms with Gasteiger partial charge in [-0.05, 0) is 68.3 Å². The normalized spacial score (nSPS) is 22.8. The zero-order valence-electron chi connectivity index (χ0n) is 10.9. The predicted octanol–water partition coefficient (Wildman–Crippen LogP) is 4.16. The van der Waals surface area contributed by atoms with E-state index in [4.69, 9.17) is 0 Å². The van der Waals surface area contributed by atoms with Gasteiger partial charge in [-0.2, -0.15) is 0 Å². The van der Waals surface area contributed by atoms with Crippen LogP contribution in [0.3, 0.4) is 0 Å². The molecule has 0 amide bonds. The standard InChI is InChI=1S/C15H21BrFN/c1-2-7-18-10-13-4-3-11(13)8-12-5-6-14(17)9-15(12)16/h5-6,9,11,13,18H,2-4,7-8,10H2,1H3. The first-order valence-electron chi connectivity index (χ1n) is 6.85. The van der Waals surface area contributed by atoms with E-state index in [0.717, 1.165) is 35.8 Å². The molecule has 2 unspecified atom stereocenters. The van der Waals surface area contributed by atoms with Crippen molar-refractivity contribution in [3.63, 3.8) is 0 Å². The lowest BCUT2D eigenvalue weighted by atomic mass is 9.70. The summed E-state index contributed by atoms with van der Waals surface area (Å²) < 4.78 is 13.9. The van der Waals surface area contributed by atoms with Gasteiger partial charge in [-0.15, -0.1) is 0 Å². The molecular weight excluding hydrogens is 293 g/mol. The highest BCUT2D eigenvalue weighted by Crippen LogP contribution is 2.37. The average molecular weight is 314 g/mol. The van der Waals surface area contributed by atoms with Gasteiger partial charge in [0, 0.05) is 4.47 Å². The fourth-order valence-electron chi connectivity index (χ4n) is 2.61. The first kappa shape index (κ1) is 14.0. The number of halogens is 2. The molecule has 0 radical (unpaired) electrons. The van der Waals surface area contributed by atoms with Crippen LogP contribution in [0, 0.1) is 17.7 Å². The van der Waals surface area contributed by atoms with Crippen LogP contribution in [-0.2, 0) is 6.42 Å². The summed E-state index contributed by atoms with van der Waals surface area (Å²) in [7, 11) is 0. The maximum atomic E-state index is 13.0. The molecule has 1 N–H and O–H groups in total. The Kier molecular flexibility index (Phi) is 5.19. The van der Waals surface area contributed by atoms with Crippen LogP contribution in [0.15, 0.2) is 22.7 Å². The molecule has 1 saturated carbocycles. The van der Waals surface area contributed by atoms with E-state index in [2.05, 4.69) is 28.2 Å². The van der Waals surface area contributed by atoms with Crippen LogP contribution >= 0.6 is 15.9 Å². The Hall–Kier alpha value is -0.410. The third kappa shape index (κ3) is 3.55. The maximum Gasteiger partial charge on any atom is 0.124 e. The molecule has 0 bridgehead atoms. The minimum atomic E-state index is -0.166. The second-order valence-corrected chi connectivity index (χ2v) is 6.10. The van der Waals surface area contributed by atoms with Gasteiger partial charge in [0.05, 0.1) is 0 Å². The zero-order valence-corrected chi connectivity index (χ0v) is 12.5. The van der Waals surface area contributed by atoms with Crippen LogP contribution in [0.25, 0.3) is 0 Å². The van der Waals surface area contributed by atoms with E-state index in [1.165, 1.54) is 24.8 Å². The van der Waals surface area contributed by atoms with Crippen LogP contribution in [-0.4, -0.2) is 13.1 Å². The van der Waals surface area contributed by atoms with Crippen molar-refractivity contribution >= 4 is 15.9 Å². The molecule has 2 rings (SSSR count). The summed E-state index contributed by atoms with van der Waals surface area (Å²) in [5.41, 5.74) is 1.24. The average Bonchev–Trinajstić information content (AvgIpc) is 2.32. The van der Waals surface area contributed by atoms with Crippen LogP contribution in [0.4, 0.5) is 4.39 Å². The number of rotatable bonds is 6. The highest BCUT2D eigenvalue weighted by atomic mass is 79.9. The van der Waals surface area contributed by atoms with Crippen molar-refractivity contribution in [1.29, 1.82) is 0 Å². The molecule has 1 aliphatic rings. The number of hydrogen-bond acceptors (Lipinski definition) is 1. The minimum Gasteiger partial charge on any atom is -0.316 e. The Balaban J connectivity index is 1.85. The van der Waals surface area contributed by atoms with Crippen LogP contribution in [0.5, 0.6) is 0 Å². The lowest BCUT2D eigenvalue weighted by Gasteiger charge is -2.37. The summed E-state index contributed by atoms with van der Waals surface area (Å²) in [6.45, 7) is 4.45. The van der Waals surface area contributed by atoms with Crippen molar-refractivity contribution in [3.05, 3.63) is 34.1 Å². The topological polar surface area (TPSA) is 12.0 Å². The minimum absolute atomic E-state index is 0.166. The molecular formula is C15H21BrFN. The van der Waals surface area contributed by atoms with E-state index in [9.17, 15) is 4.39 Å². The third-order valence-corrected chi connectivity index (χ3v) is 4.64. The fourth-order valence-corrected chi connectivity index (χ4v) is 3.12. The molecule has 100 valence electrons. The van der Waals surface area contributed by atoms with E-state index >= 15 is 0 Å². The molecule has 1 nitrogen and oxygen atoms in total. The Bertz CT molecular complexity index is 394. The van der Waals surface area contributed by atoms with Gasteiger partial charge in [0.1, 0.15) is 5.82 Å². The molecule has 2 atom stereocenters. The molecule has 0 saturated heterocycles. The zero-order chi connectivity index (χ0) is 13.0. The molecule has 3 heteroatoms. The van der Waals surface area contributed by atoms with Gasteiger partial charge in [-0.25, -0.2) is 4.39 Å². The molecule has 18 heavy (non-hydrogen) atoms. The van der Waals surface area contributed by atoms with Gasteiger partial charge in [0.15, 0.2) is 0 Å². The highest BCUT2D eigenvalue weighted by Gasteiger charge is 2.30. The van der Waals surface area contributed by atoms with Gasteiger partial charge in [0.2, 0.25) is 0 Å².